The number of piperidine rings is 1. The molecule has 34 heavy (non-hydrogen) atoms. The number of hydrogen-bond donors (Lipinski definition) is 0. The van der Waals surface area contributed by atoms with E-state index in [0.29, 0.717) is 43.9 Å². The van der Waals surface area contributed by atoms with Crippen molar-refractivity contribution in [1.29, 1.82) is 0 Å². The highest BCUT2D eigenvalue weighted by Gasteiger charge is 2.35. The van der Waals surface area contributed by atoms with Gasteiger partial charge in [0.15, 0.2) is 0 Å². The highest BCUT2D eigenvalue weighted by molar-refractivity contribution is 7.89. The first-order chi connectivity index (χ1) is 16.3. The molecule has 7 heteroatoms. The molecule has 0 radical (unpaired) electrons. The van der Waals surface area contributed by atoms with E-state index in [1.807, 2.05) is 80.3 Å². The fraction of sp³-hybridized carbons (Fsp3) is 0.370. The van der Waals surface area contributed by atoms with Crippen LogP contribution < -0.4 is 0 Å². The number of nitrogens with zero attached hydrogens (tertiary/aromatic N) is 2. The summed E-state index contributed by atoms with van der Waals surface area (Å²) in [6.45, 7) is 7.22. The molecule has 0 unspecified atom stereocenters. The van der Waals surface area contributed by atoms with Gasteiger partial charge in [-0.2, -0.15) is 4.31 Å². The van der Waals surface area contributed by atoms with Crippen molar-refractivity contribution < 1.29 is 17.6 Å². The van der Waals surface area contributed by atoms with E-state index in [9.17, 15) is 13.2 Å². The minimum atomic E-state index is -3.61. The Morgan fingerprint density at radius 1 is 0.971 bits per heavy atom. The average molecular weight is 481 g/mol. The molecule has 4 rings (SSSR count). The molecule has 3 aromatic rings. The van der Waals surface area contributed by atoms with Gasteiger partial charge in [-0.15, -0.1) is 0 Å². The molecule has 0 spiro atoms. The number of sulfonamides is 1. The summed E-state index contributed by atoms with van der Waals surface area (Å²) < 4.78 is 33.9. The Balaban J connectivity index is 1.48. The summed E-state index contributed by atoms with van der Waals surface area (Å²) in [6, 6.07) is 17.4. The zero-order valence-electron chi connectivity index (χ0n) is 20.0. The first-order valence-corrected chi connectivity index (χ1v) is 13.1. The largest absolute Gasteiger partial charge is 0.467 e. The van der Waals surface area contributed by atoms with E-state index in [0.717, 1.165) is 28.0 Å². The monoisotopic (exact) mass is 480 g/mol. The smallest absolute Gasteiger partial charge is 0.243 e. The number of benzene rings is 2. The van der Waals surface area contributed by atoms with Gasteiger partial charge in [0.2, 0.25) is 15.9 Å². The normalized spacial score (nSPS) is 15.4. The lowest BCUT2D eigenvalue weighted by molar-refractivity contribution is -0.138. The van der Waals surface area contributed by atoms with Crippen LogP contribution in [-0.4, -0.2) is 36.6 Å². The van der Waals surface area contributed by atoms with Crippen LogP contribution in [-0.2, 0) is 27.9 Å². The third-order valence-electron chi connectivity index (χ3n) is 6.46. The van der Waals surface area contributed by atoms with E-state index in [1.54, 1.807) is 6.26 Å². The van der Waals surface area contributed by atoms with Crippen molar-refractivity contribution >= 4 is 15.9 Å². The van der Waals surface area contributed by atoms with Gasteiger partial charge >= 0.3 is 0 Å². The average Bonchev–Trinajstić information content (AvgIpc) is 3.31. The van der Waals surface area contributed by atoms with Crippen LogP contribution in [0, 0.1) is 26.7 Å². The number of furan rings is 1. The summed E-state index contributed by atoms with van der Waals surface area (Å²) in [7, 11) is -3.61. The van der Waals surface area contributed by atoms with Crippen molar-refractivity contribution in [3.63, 3.8) is 0 Å². The Morgan fingerprint density at radius 3 is 2.21 bits per heavy atom. The summed E-state index contributed by atoms with van der Waals surface area (Å²) in [4.78, 5) is 15.7. The quantitative estimate of drug-likeness (QED) is 0.485. The molecule has 0 saturated carbocycles. The minimum absolute atomic E-state index is 0.0417. The van der Waals surface area contributed by atoms with Crippen LogP contribution in [0.15, 0.2) is 70.2 Å². The lowest BCUT2D eigenvalue weighted by Gasteiger charge is -2.34. The van der Waals surface area contributed by atoms with Crippen LogP contribution in [0.5, 0.6) is 0 Å². The van der Waals surface area contributed by atoms with Crippen LogP contribution in [0.25, 0.3) is 0 Å². The summed E-state index contributed by atoms with van der Waals surface area (Å²) in [6.07, 6.45) is 2.62. The molecule has 1 amide bonds. The highest BCUT2D eigenvalue weighted by atomic mass is 32.2. The second-order valence-electron chi connectivity index (χ2n) is 9.17. The van der Waals surface area contributed by atoms with Crippen molar-refractivity contribution in [2.45, 2.75) is 51.6 Å². The van der Waals surface area contributed by atoms with Gasteiger partial charge in [-0.25, -0.2) is 8.42 Å². The molecule has 180 valence electrons. The van der Waals surface area contributed by atoms with Gasteiger partial charge < -0.3 is 9.32 Å². The molecule has 0 aliphatic carbocycles. The topological polar surface area (TPSA) is 70.8 Å². The second kappa shape index (κ2) is 10.2. The molecule has 2 heterocycles. The van der Waals surface area contributed by atoms with Gasteiger partial charge in [0.1, 0.15) is 5.76 Å². The van der Waals surface area contributed by atoms with E-state index >= 15 is 0 Å². The molecular formula is C27H32N2O4S. The Labute approximate surface area is 202 Å². The predicted molar refractivity (Wildman–Crippen MR) is 132 cm³/mol. The Kier molecular flexibility index (Phi) is 7.24. The van der Waals surface area contributed by atoms with Crippen LogP contribution in [0.1, 0.15) is 40.9 Å². The van der Waals surface area contributed by atoms with Crippen molar-refractivity contribution in [2.24, 2.45) is 5.92 Å². The van der Waals surface area contributed by atoms with Crippen molar-refractivity contribution in [3.05, 3.63) is 88.9 Å². The zero-order valence-corrected chi connectivity index (χ0v) is 20.8. The Bertz CT molecular complexity index is 1210. The molecule has 0 atom stereocenters. The van der Waals surface area contributed by atoms with Gasteiger partial charge in [0.25, 0.3) is 0 Å². The minimum Gasteiger partial charge on any atom is -0.467 e. The first-order valence-electron chi connectivity index (χ1n) is 11.7. The zero-order chi connectivity index (χ0) is 24.3. The molecule has 6 nitrogen and oxygen atoms in total. The van der Waals surface area contributed by atoms with Crippen LogP contribution in [0.4, 0.5) is 0 Å². The summed E-state index contributed by atoms with van der Waals surface area (Å²) >= 11 is 0. The van der Waals surface area contributed by atoms with E-state index in [2.05, 4.69) is 0 Å². The maximum atomic E-state index is 13.5. The molecule has 1 aliphatic rings. The fourth-order valence-corrected chi connectivity index (χ4v) is 6.79. The van der Waals surface area contributed by atoms with Gasteiger partial charge in [0, 0.05) is 25.6 Å². The standard InChI is InChI=1S/C27H32N2O4S/c1-20-16-21(2)26(22(3)17-20)34(31,32)29-13-11-24(12-14-29)27(30)28(19-25-10-7-15-33-25)18-23-8-5-4-6-9-23/h4-10,15-17,24H,11-14,18-19H2,1-3H3. The molecule has 0 bridgehead atoms. The number of amides is 1. The molecule has 1 saturated heterocycles. The molecule has 1 fully saturated rings. The second-order valence-corrected chi connectivity index (χ2v) is 11.0. The summed E-state index contributed by atoms with van der Waals surface area (Å²) in [5.41, 5.74) is 3.63. The van der Waals surface area contributed by atoms with Crippen molar-refractivity contribution in [2.75, 3.05) is 13.1 Å². The molecule has 1 aliphatic heterocycles. The van der Waals surface area contributed by atoms with E-state index in [-0.39, 0.29) is 11.8 Å². The lowest BCUT2D eigenvalue weighted by Crippen LogP contribution is -2.44. The van der Waals surface area contributed by atoms with Gasteiger partial charge in [-0.1, -0.05) is 48.0 Å². The number of carbonyl (C=O) groups is 1. The van der Waals surface area contributed by atoms with E-state index in [4.69, 9.17) is 4.42 Å². The van der Waals surface area contributed by atoms with Crippen LogP contribution in [0.3, 0.4) is 0 Å². The van der Waals surface area contributed by atoms with Crippen molar-refractivity contribution in [3.8, 4) is 0 Å². The van der Waals surface area contributed by atoms with E-state index in [1.165, 1.54) is 4.31 Å². The van der Waals surface area contributed by atoms with Crippen LogP contribution >= 0.6 is 0 Å². The predicted octanol–water partition coefficient (Wildman–Crippen LogP) is 4.83. The molecule has 2 aromatic carbocycles. The Morgan fingerprint density at radius 2 is 1.62 bits per heavy atom. The summed E-state index contributed by atoms with van der Waals surface area (Å²) in [5.74, 6) is 0.556. The number of aryl methyl sites for hydroxylation is 3. The Hall–Kier alpha value is -2.90. The molecular weight excluding hydrogens is 448 g/mol. The summed E-state index contributed by atoms with van der Waals surface area (Å²) in [5, 5.41) is 0. The van der Waals surface area contributed by atoms with Gasteiger partial charge in [-0.05, 0) is 62.4 Å². The third-order valence-corrected chi connectivity index (χ3v) is 8.67. The maximum Gasteiger partial charge on any atom is 0.243 e. The fourth-order valence-electron chi connectivity index (χ4n) is 4.91. The molecule has 0 N–H and O–H groups in total. The third kappa shape index (κ3) is 5.26. The van der Waals surface area contributed by atoms with Crippen LogP contribution in [0.2, 0.25) is 0 Å². The number of carbonyl (C=O) groups excluding carboxylic acids is 1. The number of hydrogen-bond acceptors (Lipinski definition) is 4. The van der Waals surface area contributed by atoms with Gasteiger partial charge in [0.05, 0.1) is 17.7 Å². The van der Waals surface area contributed by atoms with Gasteiger partial charge in [-0.3, -0.25) is 4.79 Å². The highest BCUT2D eigenvalue weighted by Crippen LogP contribution is 2.30. The number of rotatable bonds is 7. The van der Waals surface area contributed by atoms with Crippen molar-refractivity contribution in [1.82, 2.24) is 9.21 Å². The maximum absolute atomic E-state index is 13.5. The molecule has 1 aromatic heterocycles. The van der Waals surface area contributed by atoms with E-state index < -0.39 is 10.0 Å². The first kappa shape index (κ1) is 24.2. The lowest BCUT2D eigenvalue weighted by atomic mass is 9.96. The SMILES string of the molecule is Cc1cc(C)c(S(=O)(=O)N2CCC(C(=O)N(Cc3ccccc3)Cc3ccco3)CC2)c(C)c1.